The lowest BCUT2D eigenvalue weighted by Gasteiger charge is -2.07. The van der Waals surface area contributed by atoms with E-state index in [1.54, 1.807) is 7.11 Å². The van der Waals surface area contributed by atoms with Crippen LogP contribution in [0.2, 0.25) is 0 Å². The molecule has 13 heavy (non-hydrogen) atoms. The number of hydrogen-bond donors (Lipinski definition) is 0. The predicted octanol–water partition coefficient (Wildman–Crippen LogP) is 2.84. The third-order valence-corrected chi connectivity index (χ3v) is 2.80. The highest BCUT2D eigenvalue weighted by Gasteiger charge is 2.24. The molecule has 0 atom stereocenters. The van der Waals surface area contributed by atoms with Gasteiger partial charge in [-0.3, -0.25) is 0 Å². The molecule has 0 N–H and O–H groups in total. The molecule has 3 heteroatoms. The second kappa shape index (κ2) is 3.74. The van der Waals surface area contributed by atoms with E-state index in [0.29, 0.717) is 6.10 Å². The van der Waals surface area contributed by atoms with Gasteiger partial charge in [-0.1, -0.05) is 0 Å². The minimum atomic E-state index is 0.460. The maximum atomic E-state index is 5.69. The van der Waals surface area contributed by atoms with Crippen molar-refractivity contribution in [3.8, 4) is 11.5 Å². The zero-order valence-corrected chi connectivity index (χ0v) is 9.58. The fourth-order valence-electron chi connectivity index (χ4n) is 1.07. The molecule has 0 spiro atoms. The van der Waals surface area contributed by atoms with Crippen LogP contribution in [-0.4, -0.2) is 13.2 Å². The SMILES string of the molecule is COc1ccc(OC2CC2)c(I)c1. The van der Waals surface area contributed by atoms with Crippen molar-refractivity contribution in [3.05, 3.63) is 21.8 Å². The molecule has 0 saturated heterocycles. The summed E-state index contributed by atoms with van der Waals surface area (Å²) in [7, 11) is 1.67. The van der Waals surface area contributed by atoms with E-state index in [-0.39, 0.29) is 0 Å². The zero-order chi connectivity index (χ0) is 9.26. The molecule has 70 valence electrons. The quantitative estimate of drug-likeness (QED) is 0.797. The molecular formula is C10H11IO2. The van der Waals surface area contributed by atoms with Crippen LogP contribution in [0.5, 0.6) is 11.5 Å². The largest absolute Gasteiger partial charge is 0.497 e. The third-order valence-electron chi connectivity index (χ3n) is 1.96. The fraction of sp³-hybridized carbons (Fsp3) is 0.400. The van der Waals surface area contributed by atoms with Crippen LogP contribution >= 0.6 is 22.6 Å². The van der Waals surface area contributed by atoms with E-state index in [1.807, 2.05) is 18.2 Å². The van der Waals surface area contributed by atoms with Gasteiger partial charge in [0.25, 0.3) is 0 Å². The van der Waals surface area contributed by atoms with E-state index < -0.39 is 0 Å². The Kier molecular flexibility index (Phi) is 2.62. The number of benzene rings is 1. The van der Waals surface area contributed by atoms with Crippen molar-refractivity contribution in [3.63, 3.8) is 0 Å². The van der Waals surface area contributed by atoms with Crippen LogP contribution in [0.15, 0.2) is 18.2 Å². The standard InChI is InChI=1S/C10H11IO2/c1-12-8-4-5-10(9(11)6-8)13-7-2-3-7/h4-7H,2-3H2,1H3. The molecule has 0 aliphatic heterocycles. The molecule has 0 radical (unpaired) electrons. The van der Waals surface area contributed by atoms with E-state index >= 15 is 0 Å². The summed E-state index contributed by atoms with van der Waals surface area (Å²) in [5.41, 5.74) is 0. The van der Waals surface area contributed by atoms with E-state index in [0.717, 1.165) is 15.1 Å². The summed E-state index contributed by atoms with van der Waals surface area (Å²) in [5, 5.41) is 0. The number of methoxy groups -OCH3 is 1. The molecular weight excluding hydrogens is 279 g/mol. The molecule has 1 aromatic rings. The van der Waals surface area contributed by atoms with E-state index in [2.05, 4.69) is 22.6 Å². The minimum Gasteiger partial charge on any atom is -0.497 e. The fourth-order valence-corrected chi connectivity index (χ4v) is 1.68. The summed E-state index contributed by atoms with van der Waals surface area (Å²) in [6.45, 7) is 0. The Labute approximate surface area is 91.4 Å². The predicted molar refractivity (Wildman–Crippen MR) is 59.4 cm³/mol. The zero-order valence-electron chi connectivity index (χ0n) is 7.42. The highest BCUT2D eigenvalue weighted by atomic mass is 127. The van der Waals surface area contributed by atoms with Crippen LogP contribution in [0.3, 0.4) is 0 Å². The van der Waals surface area contributed by atoms with Crippen molar-refractivity contribution >= 4 is 22.6 Å². The summed E-state index contributed by atoms with van der Waals surface area (Å²) in [4.78, 5) is 0. The van der Waals surface area contributed by atoms with Gasteiger partial charge in [0.05, 0.1) is 16.8 Å². The average molecular weight is 290 g/mol. The van der Waals surface area contributed by atoms with Gasteiger partial charge in [0.1, 0.15) is 11.5 Å². The molecule has 1 aliphatic carbocycles. The molecule has 1 fully saturated rings. The van der Waals surface area contributed by atoms with Gasteiger partial charge in [-0.05, 0) is 53.6 Å². The molecule has 0 heterocycles. The van der Waals surface area contributed by atoms with Crippen molar-refractivity contribution in [1.29, 1.82) is 0 Å². The van der Waals surface area contributed by atoms with Gasteiger partial charge in [-0.2, -0.15) is 0 Å². The first kappa shape index (κ1) is 9.12. The molecule has 0 aromatic heterocycles. The normalized spacial score (nSPS) is 15.5. The lowest BCUT2D eigenvalue weighted by Crippen LogP contribution is -1.97. The Morgan fingerprint density at radius 2 is 2.15 bits per heavy atom. The van der Waals surface area contributed by atoms with Crippen LogP contribution in [0.25, 0.3) is 0 Å². The van der Waals surface area contributed by atoms with Crippen LogP contribution in [0, 0.1) is 3.57 Å². The van der Waals surface area contributed by atoms with Crippen molar-refractivity contribution < 1.29 is 9.47 Å². The van der Waals surface area contributed by atoms with Crippen LogP contribution in [-0.2, 0) is 0 Å². The van der Waals surface area contributed by atoms with Crippen LogP contribution in [0.1, 0.15) is 12.8 Å². The maximum Gasteiger partial charge on any atom is 0.133 e. The summed E-state index contributed by atoms with van der Waals surface area (Å²) in [6.07, 6.45) is 2.85. The number of rotatable bonds is 3. The van der Waals surface area contributed by atoms with Gasteiger partial charge in [0.2, 0.25) is 0 Å². The first-order valence-corrected chi connectivity index (χ1v) is 5.37. The monoisotopic (exact) mass is 290 g/mol. The summed E-state index contributed by atoms with van der Waals surface area (Å²) < 4.78 is 11.9. The van der Waals surface area contributed by atoms with Crippen molar-refractivity contribution in [2.24, 2.45) is 0 Å². The Hall–Kier alpha value is -0.450. The summed E-state index contributed by atoms with van der Waals surface area (Å²) >= 11 is 2.27. The molecule has 0 unspecified atom stereocenters. The number of hydrogen-bond acceptors (Lipinski definition) is 2. The molecule has 1 aromatic carbocycles. The van der Waals surface area contributed by atoms with Crippen molar-refractivity contribution in [1.82, 2.24) is 0 Å². The van der Waals surface area contributed by atoms with E-state index in [1.165, 1.54) is 12.8 Å². The lowest BCUT2D eigenvalue weighted by molar-refractivity contribution is 0.300. The topological polar surface area (TPSA) is 18.5 Å². The van der Waals surface area contributed by atoms with E-state index in [9.17, 15) is 0 Å². The second-order valence-electron chi connectivity index (χ2n) is 3.11. The van der Waals surface area contributed by atoms with Gasteiger partial charge < -0.3 is 9.47 Å². The van der Waals surface area contributed by atoms with Gasteiger partial charge in [0, 0.05) is 0 Å². The molecule has 2 nitrogen and oxygen atoms in total. The molecule has 1 saturated carbocycles. The van der Waals surface area contributed by atoms with Gasteiger partial charge in [-0.15, -0.1) is 0 Å². The second-order valence-corrected chi connectivity index (χ2v) is 4.28. The Morgan fingerprint density at radius 3 is 2.69 bits per heavy atom. The van der Waals surface area contributed by atoms with Crippen molar-refractivity contribution in [2.45, 2.75) is 18.9 Å². The summed E-state index contributed by atoms with van der Waals surface area (Å²) in [5.74, 6) is 1.86. The maximum absolute atomic E-state index is 5.69. The molecule has 1 aliphatic rings. The first-order valence-electron chi connectivity index (χ1n) is 4.30. The number of ether oxygens (including phenoxy) is 2. The molecule has 2 rings (SSSR count). The molecule has 0 bridgehead atoms. The highest BCUT2D eigenvalue weighted by Crippen LogP contribution is 2.31. The third kappa shape index (κ3) is 2.27. The molecule has 0 amide bonds. The lowest BCUT2D eigenvalue weighted by atomic mass is 10.3. The Morgan fingerprint density at radius 1 is 1.38 bits per heavy atom. The number of halogens is 1. The van der Waals surface area contributed by atoms with Crippen LogP contribution < -0.4 is 9.47 Å². The highest BCUT2D eigenvalue weighted by molar-refractivity contribution is 14.1. The van der Waals surface area contributed by atoms with E-state index in [4.69, 9.17) is 9.47 Å². The summed E-state index contributed by atoms with van der Waals surface area (Å²) in [6, 6.07) is 5.89. The average Bonchev–Trinajstić information content (AvgIpc) is 2.92. The van der Waals surface area contributed by atoms with Gasteiger partial charge in [-0.25, -0.2) is 0 Å². The van der Waals surface area contributed by atoms with Crippen LogP contribution in [0.4, 0.5) is 0 Å². The Bertz CT molecular complexity index is 308. The van der Waals surface area contributed by atoms with Crippen molar-refractivity contribution in [2.75, 3.05) is 7.11 Å². The first-order chi connectivity index (χ1) is 6.29. The smallest absolute Gasteiger partial charge is 0.133 e. The van der Waals surface area contributed by atoms with Gasteiger partial charge in [0.15, 0.2) is 0 Å². The minimum absolute atomic E-state index is 0.460. The van der Waals surface area contributed by atoms with Gasteiger partial charge >= 0.3 is 0 Å². The Balaban J connectivity index is 2.15.